The lowest BCUT2D eigenvalue weighted by Gasteiger charge is -2.16. The van der Waals surface area contributed by atoms with Crippen molar-refractivity contribution >= 4 is 27.7 Å². The van der Waals surface area contributed by atoms with E-state index in [0.29, 0.717) is 6.04 Å². The molecule has 0 radical (unpaired) electrons. The van der Waals surface area contributed by atoms with Gasteiger partial charge in [0, 0.05) is 34.9 Å². The van der Waals surface area contributed by atoms with Gasteiger partial charge in [-0.3, -0.25) is 0 Å². The van der Waals surface area contributed by atoms with Gasteiger partial charge in [-0.25, -0.2) is 4.98 Å². The molecule has 1 heterocycles. The lowest BCUT2D eigenvalue weighted by atomic mass is 10.1. The van der Waals surface area contributed by atoms with Gasteiger partial charge in [-0.15, -0.1) is 0 Å². The van der Waals surface area contributed by atoms with Crippen LogP contribution >= 0.6 is 27.7 Å². The van der Waals surface area contributed by atoms with E-state index in [-0.39, 0.29) is 0 Å². The summed E-state index contributed by atoms with van der Waals surface area (Å²) in [6, 6.07) is 6.86. The maximum absolute atomic E-state index is 4.34. The lowest BCUT2D eigenvalue weighted by molar-refractivity contribution is 0.568. The molecule has 2 rings (SSSR count). The minimum Gasteiger partial charge on any atom is -0.329 e. The van der Waals surface area contributed by atoms with E-state index in [2.05, 4.69) is 58.3 Å². The normalized spacial score (nSPS) is 12.6. The molecule has 0 bridgehead atoms. The van der Waals surface area contributed by atoms with Crippen LogP contribution in [0.25, 0.3) is 0 Å². The molecule has 20 heavy (non-hydrogen) atoms. The average molecular weight is 354 g/mol. The van der Waals surface area contributed by atoms with Crippen LogP contribution in [0.5, 0.6) is 0 Å². The molecule has 0 amide bonds. The SMILES string of the molecule is CCCNC(C)c1ccc(Sc2nccn2C)cc1Br. The lowest BCUT2D eigenvalue weighted by Crippen LogP contribution is -2.19. The van der Waals surface area contributed by atoms with E-state index in [1.165, 1.54) is 10.5 Å². The second-order valence-corrected chi connectivity index (χ2v) is 6.68. The van der Waals surface area contributed by atoms with Crippen LogP contribution in [-0.4, -0.2) is 16.1 Å². The molecule has 108 valence electrons. The zero-order valence-corrected chi connectivity index (χ0v) is 14.5. The summed E-state index contributed by atoms with van der Waals surface area (Å²) < 4.78 is 3.17. The third-order valence-corrected chi connectivity index (χ3v) is 4.88. The Bertz CT molecular complexity index is 568. The Balaban J connectivity index is 2.11. The topological polar surface area (TPSA) is 29.9 Å². The fourth-order valence-corrected chi connectivity index (χ4v) is 3.66. The Morgan fingerprint density at radius 2 is 2.25 bits per heavy atom. The van der Waals surface area contributed by atoms with Crippen LogP contribution in [0.15, 0.2) is 45.1 Å². The van der Waals surface area contributed by atoms with Crippen molar-refractivity contribution < 1.29 is 0 Å². The van der Waals surface area contributed by atoms with Gasteiger partial charge >= 0.3 is 0 Å². The number of hydrogen-bond donors (Lipinski definition) is 1. The van der Waals surface area contributed by atoms with Crippen LogP contribution in [0, 0.1) is 0 Å². The summed E-state index contributed by atoms with van der Waals surface area (Å²) in [7, 11) is 2.01. The van der Waals surface area contributed by atoms with Crippen LogP contribution in [0.2, 0.25) is 0 Å². The number of rotatable bonds is 6. The molecule has 1 atom stereocenters. The first-order valence-corrected chi connectivity index (χ1v) is 8.40. The Morgan fingerprint density at radius 1 is 1.45 bits per heavy atom. The minimum atomic E-state index is 0.358. The van der Waals surface area contributed by atoms with Gasteiger partial charge in [0.1, 0.15) is 0 Å². The van der Waals surface area contributed by atoms with Crippen molar-refractivity contribution in [1.82, 2.24) is 14.9 Å². The third kappa shape index (κ3) is 3.87. The highest BCUT2D eigenvalue weighted by molar-refractivity contribution is 9.10. The average Bonchev–Trinajstić information content (AvgIpc) is 2.82. The maximum atomic E-state index is 4.34. The molecule has 0 aliphatic carbocycles. The Labute approximate surface area is 133 Å². The molecule has 2 aromatic rings. The Kier molecular flexibility index (Phi) is 5.69. The number of halogens is 1. The molecule has 0 fully saturated rings. The van der Waals surface area contributed by atoms with Gasteiger partial charge in [-0.2, -0.15) is 0 Å². The van der Waals surface area contributed by atoms with Crippen molar-refractivity contribution in [1.29, 1.82) is 0 Å². The van der Waals surface area contributed by atoms with Gasteiger partial charge in [-0.1, -0.05) is 40.7 Å². The number of aryl methyl sites for hydroxylation is 1. The van der Waals surface area contributed by atoms with Gasteiger partial charge in [0.2, 0.25) is 0 Å². The molecule has 0 saturated heterocycles. The molecular formula is C15H20BrN3S. The van der Waals surface area contributed by atoms with Crippen LogP contribution < -0.4 is 5.32 Å². The first-order chi connectivity index (χ1) is 9.61. The number of imidazole rings is 1. The zero-order valence-electron chi connectivity index (χ0n) is 12.1. The third-order valence-electron chi connectivity index (χ3n) is 3.13. The quantitative estimate of drug-likeness (QED) is 0.834. The highest BCUT2D eigenvalue weighted by Gasteiger charge is 2.10. The smallest absolute Gasteiger partial charge is 0.172 e. The number of aromatic nitrogens is 2. The van der Waals surface area contributed by atoms with Crippen molar-refractivity contribution in [3.63, 3.8) is 0 Å². The van der Waals surface area contributed by atoms with Gasteiger partial charge in [-0.05, 0) is 37.6 Å². The Hall–Kier alpha value is -0.780. The second-order valence-electron chi connectivity index (χ2n) is 4.78. The van der Waals surface area contributed by atoms with E-state index in [9.17, 15) is 0 Å². The standard InChI is InChI=1S/C15H20BrN3S/c1-4-7-17-11(2)13-6-5-12(10-14(13)16)20-15-18-8-9-19(15)3/h5-6,8-11,17H,4,7H2,1-3H3. The van der Waals surface area contributed by atoms with E-state index in [1.54, 1.807) is 11.8 Å². The van der Waals surface area contributed by atoms with Gasteiger partial charge in [0.05, 0.1) is 0 Å². The number of benzene rings is 1. The van der Waals surface area contributed by atoms with E-state index in [0.717, 1.165) is 22.6 Å². The molecule has 0 aliphatic rings. The van der Waals surface area contributed by atoms with E-state index in [1.807, 2.05) is 24.0 Å². The monoisotopic (exact) mass is 353 g/mol. The molecule has 0 aliphatic heterocycles. The summed E-state index contributed by atoms with van der Waals surface area (Å²) in [6.45, 7) is 5.42. The van der Waals surface area contributed by atoms with Crippen molar-refractivity contribution in [2.75, 3.05) is 6.54 Å². The summed E-state index contributed by atoms with van der Waals surface area (Å²) in [5.41, 5.74) is 1.29. The first kappa shape index (κ1) is 15.6. The van der Waals surface area contributed by atoms with E-state index >= 15 is 0 Å². The number of nitrogens with zero attached hydrogens (tertiary/aromatic N) is 2. The summed E-state index contributed by atoms with van der Waals surface area (Å²) in [5.74, 6) is 0. The van der Waals surface area contributed by atoms with Crippen LogP contribution in [-0.2, 0) is 7.05 Å². The Morgan fingerprint density at radius 3 is 2.85 bits per heavy atom. The number of nitrogens with one attached hydrogen (secondary N) is 1. The summed E-state index contributed by atoms with van der Waals surface area (Å²) >= 11 is 5.36. The molecule has 0 spiro atoms. The fraction of sp³-hybridized carbons (Fsp3) is 0.400. The van der Waals surface area contributed by atoms with Gasteiger partial charge in [0.15, 0.2) is 5.16 Å². The van der Waals surface area contributed by atoms with E-state index < -0.39 is 0 Å². The molecule has 0 saturated carbocycles. The molecule has 5 heteroatoms. The minimum absolute atomic E-state index is 0.358. The predicted molar refractivity (Wildman–Crippen MR) is 88.2 cm³/mol. The predicted octanol–water partition coefficient (Wildman–Crippen LogP) is 4.39. The first-order valence-electron chi connectivity index (χ1n) is 6.79. The van der Waals surface area contributed by atoms with Crippen LogP contribution in [0.1, 0.15) is 31.9 Å². The van der Waals surface area contributed by atoms with Gasteiger partial charge < -0.3 is 9.88 Å². The van der Waals surface area contributed by atoms with Crippen LogP contribution in [0.3, 0.4) is 0 Å². The largest absolute Gasteiger partial charge is 0.329 e. The van der Waals surface area contributed by atoms with Crippen molar-refractivity contribution in [3.8, 4) is 0 Å². The molecule has 1 aromatic heterocycles. The van der Waals surface area contributed by atoms with Crippen molar-refractivity contribution in [2.24, 2.45) is 7.05 Å². The van der Waals surface area contributed by atoms with Gasteiger partial charge in [0.25, 0.3) is 0 Å². The number of hydrogen-bond acceptors (Lipinski definition) is 3. The second kappa shape index (κ2) is 7.29. The summed E-state index contributed by atoms with van der Waals surface area (Å²) in [5, 5.41) is 4.51. The summed E-state index contributed by atoms with van der Waals surface area (Å²) in [4.78, 5) is 5.53. The van der Waals surface area contributed by atoms with Crippen molar-refractivity contribution in [2.45, 2.75) is 36.4 Å². The molecule has 1 N–H and O–H groups in total. The highest BCUT2D eigenvalue weighted by atomic mass is 79.9. The van der Waals surface area contributed by atoms with E-state index in [4.69, 9.17) is 0 Å². The molecular weight excluding hydrogens is 334 g/mol. The maximum Gasteiger partial charge on any atom is 0.172 e. The molecule has 3 nitrogen and oxygen atoms in total. The van der Waals surface area contributed by atoms with Crippen molar-refractivity contribution in [3.05, 3.63) is 40.6 Å². The molecule has 1 unspecified atom stereocenters. The summed E-state index contributed by atoms with van der Waals surface area (Å²) in [6.07, 6.45) is 4.93. The highest BCUT2D eigenvalue weighted by Crippen LogP contribution is 2.32. The van der Waals surface area contributed by atoms with Crippen LogP contribution in [0.4, 0.5) is 0 Å². The molecule has 1 aromatic carbocycles. The zero-order chi connectivity index (χ0) is 14.5. The fourth-order valence-electron chi connectivity index (χ4n) is 1.95.